The van der Waals surface area contributed by atoms with Crippen LogP contribution in [0.2, 0.25) is 0 Å². The molecular weight excluding hydrogens is 136 g/mol. The minimum atomic E-state index is 0.639. The van der Waals surface area contributed by atoms with Crippen molar-refractivity contribution in [2.45, 2.75) is 20.3 Å². The predicted octanol–water partition coefficient (Wildman–Crippen LogP) is 2.29. The Bertz CT molecular complexity index is 54.9. The monoisotopic (exact) mass is 150 g/mol. The molecule has 0 bridgehead atoms. The second kappa shape index (κ2) is 6.37. The first kappa shape index (κ1) is 9.25. The van der Waals surface area contributed by atoms with E-state index in [0.717, 1.165) is 19.6 Å². The van der Waals surface area contributed by atoms with Crippen LogP contribution in [0.15, 0.2) is 0 Å². The van der Waals surface area contributed by atoms with Crippen LogP contribution in [0.3, 0.4) is 0 Å². The van der Waals surface area contributed by atoms with Gasteiger partial charge in [0.2, 0.25) is 0 Å². The Labute approximate surface area is 62.3 Å². The molecule has 0 aromatic carbocycles. The molecular formula is C7H15ClO. The SMILES string of the molecule is CC(C)COCCCCl. The Morgan fingerprint density at radius 3 is 2.56 bits per heavy atom. The zero-order valence-electron chi connectivity index (χ0n) is 6.19. The largest absolute Gasteiger partial charge is 0.381 e. The fourth-order valence-corrected chi connectivity index (χ4v) is 0.585. The van der Waals surface area contributed by atoms with E-state index in [-0.39, 0.29) is 0 Å². The fraction of sp³-hybridized carbons (Fsp3) is 1.00. The van der Waals surface area contributed by atoms with Crippen LogP contribution in [0.5, 0.6) is 0 Å². The standard InChI is InChI=1S/C7H15ClO/c1-7(2)6-9-5-3-4-8/h7H,3-6H2,1-2H3. The molecule has 0 radical (unpaired) electrons. The summed E-state index contributed by atoms with van der Waals surface area (Å²) in [6, 6.07) is 0. The Kier molecular flexibility index (Phi) is 6.55. The van der Waals surface area contributed by atoms with Crippen LogP contribution in [0.1, 0.15) is 20.3 Å². The summed E-state index contributed by atoms with van der Waals surface area (Å²) in [4.78, 5) is 0. The van der Waals surface area contributed by atoms with Crippen molar-refractivity contribution in [1.82, 2.24) is 0 Å². The summed E-state index contributed by atoms with van der Waals surface area (Å²) in [6.45, 7) is 5.94. The van der Waals surface area contributed by atoms with E-state index in [2.05, 4.69) is 13.8 Å². The first-order chi connectivity index (χ1) is 4.27. The zero-order valence-corrected chi connectivity index (χ0v) is 6.95. The highest BCUT2D eigenvalue weighted by atomic mass is 35.5. The fourth-order valence-electron chi connectivity index (χ4n) is 0.476. The number of hydrogen-bond acceptors (Lipinski definition) is 1. The smallest absolute Gasteiger partial charge is 0.0488 e. The van der Waals surface area contributed by atoms with Crippen molar-refractivity contribution >= 4 is 11.6 Å². The molecule has 0 aliphatic heterocycles. The van der Waals surface area contributed by atoms with Gasteiger partial charge in [-0.25, -0.2) is 0 Å². The van der Waals surface area contributed by atoms with Gasteiger partial charge in [0.1, 0.15) is 0 Å². The van der Waals surface area contributed by atoms with E-state index in [1.54, 1.807) is 0 Å². The van der Waals surface area contributed by atoms with Crippen molar-refractivity contribution in [3.63, 3.8) is 0 Å². The van der Waals surface area contributed by atoms with Crippen LogP contribution in [0.25, 0.3) is 0 Å². The maximum atomic E-state index is 5.44. The van der Waals surface area contributed by atoms with Crippen molar-refractivity contribution < 1.29 is 4.74 Å². The summed E-state index contributed by atoms with van der Waals surface area (Å²) in [5.74, 6) is 1.35. The van der Waals surface area contributed by atoms with Gasteiger partial charge in [-0.15, -0.1) is 11.6 Å². The lowest BCUT2D eigenvalue weighted by atomic mass is 10.2. The van der Waals surface area contributed by atoms with Gasteiger partial charge < -0.3 is 4.74 Å². The summed E-state index contributed by atoms with van der Waals surface area (Å²) in [5, 5.41) is 0. The van der Waals surface area contributed by atoms with E-state index in [1.165, 1.54) is 0 Å². The van der Waals surface area contributed by atoms with Crippen molar-refractivity contribution in [2.75, 3.05) is 19.1 Å². The van der Waals surface area contributed by atoms with Crippen LogP contribution < -0.4 is 0 Å². The Morgan fingerprint density at radius 2 is 2.11 bits per heavy atom. The second-order valence-electron chi connectivity index (χ2n) is 2.51. The summed E-state index contributed by atoms with van der Waals surface area (Å²) in [5.41, 5.74) is 0. The van der Waals surface area contributed by atoms with Gasteiger partial charge in [-0.3, -0.25) is 0 Å². The molecule has 0 aliphatic carbocycles. The minimum Gasteiger partial charge on any atom is -0.381 e. The first-order valence-corrected chi connectivity index (χ1v) is 3.94. The van der Waals surface area contributed by atoms with Crippen molar-refractivity contribution in [2.24, 2.45) is 5.92 Å². The van der Waals surface area contributed by atoms with E-state index < -0.39 is 0 Å². The van der Waals surface area contributed by atoms with Gasteiger partial charge >= 0.3 is 0 Å². The molecule has 0 saturated carbocycles. The van der Waals surface area contributed by atoms with E-state index in [9.17, 15) is 0 Å². The normalized spacial score (nSPS) is 10.7. The van der Waals surface area contributed by atoms with Gasteiger partial charge in [-0.1, -0.05) is 13.8 Å². The summed E-state index contributed by atoms with van der Waals surface area (Å²) in [6.07, 6.45) is 0.967. The highest BCUT2D eigenvalue weighted by Crippen LogP contribution is 1.93. The Hall–Kier alpha value is 0.250. The third-order valence-corrected chi connectivity index (χ3v) is 1.14. The third kappa shape index (κ3) is 8.25. The molecule has 1 nitrogen and oxygen atoms in total. The Balaban J connectivity index is 2.75. The molecule has 56 valence electrons. The van der Waals surface area contributed by atoms with Gasteiger partial charge in [-0.05, 0) is 12.3 Å². The maximum Gasteiger partial charge on any atom is 0.0488 e. The molecule has 0 fully saturated rings. The molecule has 0 atom stereocenters. The average molecular weight is 151 g/mol. The molecule has 0 aromatic heterocycles. The van der Waals surface area contributed by atoms with Crippen LogP contribution in [-0.2, 0) is 4.74 Å². The van der Waals surface area contributed by atoms with E-state index >= 15 is 0 Å². The van der Waals surface area contributed by atoms with Crippen LogP contribution in [0.4, 0.5) is 0 Å². The predicted molar refractivity (Wildman–Crippen MR) is 41.0 cm³/mol. The maximum absolute atomic E-state index is 5.44. The minimum absolute atomic E-state index is 0.639. The molecule has 9 heavy (non-hydrogen) atoms. The number of hydrogen-bond donors (Lipinski definition) is 0. The van der Waals surface area contributed by atoms with E-state index in [4.69, 9.17) is 16.3 Å². The molecule has 2 heteroatoms. The molecule has 0 rings (SSSR count). The number of rotatable bonds is 5. The first-order valence-electron chi connectivity index (χ1n) is 3.41. The van der Waals surface area contributed by atoms with Gasteiger partial charge in [-0.2, -0.15) is 0 Å². The quantitative estimate of drug-likeness (QED) is 0.432. The number of alkyl halides is 1. The zero-order chi connectivity index (χ0) is 7.11. The number of halogens is 1. The molecule has 0 spiro atoms. The van der Waals surface area contributed by atoms with Gasteiger partial charge in [0.15, 0.2) is 0 Å². The lowest BCUT2D eigenvalue weighted by molar-refractivity contribution is 0.111. The third-order valence-electron chi connectivity index (χ3n) is 0.873. The molecule has 0 N–H and O–H groups in total. The highest BCUT2D eigenvalue weighted by Gasteiger charge is 1.91. The molecule has 0 aromatic rings. The average Bonchev–Trinajstić information content (AvgIpc) is 1.80. The van der Waals surface area contributed by atoms with Gasteiger partial charge in [0, 0.05) is 19.1 Å². The lowest BCUT2D eigenvalue weighted by Gasteiger charge is -2.04. The lowest BCUT2D eigenvalue weighted by Crippen LogP contribution is -2.03. The number of ether oxygens (including phenoxy) is 1. The van der Waals surface area contributed by atoms with Gasteiger partial charge in [0.25, 0.3) is 0 Å². The molecule has 0 heterocycles. The van der Waals surface area contributed by atoms with E-state index in [1.807, 2.05) is 0 Å². The topological polar surface area (TPSA) is 9.23 Å². The van der Waals surface area contributed by atoms with Crippen LogP contribution in [-0.4, -0.2) is 19.1 Å². The summed E-state index contributed by atoms with van der Waals surface area (Å²) >= 11 is 5.44. The second-order valence-corrected chi connectivity index (χ2v) is 2.89. The van der Waals surface area contributed by atoms with Crippen LogP contribution >= 0.6 is 11.6 Å². The molecule has 0 saturated heterocycles. The highest BCUT2D eigenvalue weighted by molar-refractivity contribution is 6.17. The molecule has 0 amide bonds. The van der Waals surface area contributed by atoms with Crippen molar-refractivity contribution in [1.29, 1.82) is 0 Å². The van der Waals surface area contributed by atoms with Crippen LogP contribution in [0, 0.1) is 5.92 Å². The Morgan fingerprint density at radius 1 is 1.44 bits per heavy atom. The molecule has 0 aliphatic rings. The summed E-state index contributed by atoms with van der Waals surface area (Å²) in [7, 11) is 0. The summed E-state index contributed by atoms with van der Waals surface area (Å²) < 4.78 is 5.25. The van der Waals surface area contributed by atoms with Gasteiger partial charge in [0.05, 0.1) is 0 Å². The van der Waals surface area contributed by atoms with Crippen molar-refractivity contribution in [3.05, 3.63) is 0 Å². The molecule has 0 unspecified atom stereocenters. The van der Waals surface area contributed by atoms with Crippen molar-refractivity contribution in [3.8, 4) is 0 Å². The van der Waals surface area contributed by atoms with E-state index in [0.29, 0.717) is 11.8 Å².